The van der Waals surface area contributed by atoms with Gasteiger partial charge in [-0.15, -0.1) is 0 Å². The molecule has 0 fully saturated rings. The molecular formula is C23H27N3O5. The van der Waals surface area contributed by atoms with Gasteiger partial charge in [0.05, 0.1) is 12.8 Å². The number of para-hydroxylation sites is 1. The van der Waals surface area contributed by atoms with Crippen molar-refractivity contribution in [2.75, 3.05) is 13.4 Å². The molecule has 1 aliphatic rings. The van der Waals surface area contributed by atoms with E-state index in [1.54, 1.807) is 18.2 Å². The van der Waals surface area contributed by atoms with Crippen molar-refractivity contribution < 1.29 is 23.8 Å². The summed E-state index contributed by atoms with van der Waals surface area (Å²) >= 11 is 0. The maximum Gasteiger partial charge on any atom is 0.262 e. The van der Waals surface area contributed by atoms with Crippen LogP contribution in [0.4, 0.5) is 0 Å². The smallest absolute Gasteiger partial charge is 0.262 e. The van der Waals surface area contributed by atoms with Crippen molar-refractivity contribution in [2.24, 2.45) is 11.0 Å². The van der Waals surface area contributed by atoms with Crippen LogP contribution in [0, 0.1) is 5.92 Å². The Morgan fingerprint density at radius 1 is 1.16 bits per heavy atom. The van der Waals surface area contributed by atoms with Gasteiger partial charge in [0.2, 0.25) is 6.79 Å². The quantitative estimate of drug-likeness (QED) is 0.475. The molecule has 0 aromatic heterocycles. The molecule has 1 heterocycles. The van der Waals surface area contributed by atoms with Crippen molar-refractivity contribution in [3.05, 3.63) is 53.6 Å². The number of nitrogens with zero attached hydrogens (tertiary/aromatic N) is 1. The standard InChI is InChI=1S/C23H27N3O5/c1-4-11-29-18-8-6-5-7-17(18)13-24-26-23(28)21(15(2)3)25-22(27)16-9-10-19-20(12-16)31-14-30-19/h5-10,12-13,15,21H,4,11,14H2,1-3H3,(H,25,27)(H,26,28)/b24-13+. The zero-order valence-electron chi connectivity index (χ0n) is 17.9. The first-order valence-electron chi connectivity index (χ1n) is 10.2. The number of carbonyl (C=O) groups excluding carboxylic acids is 2. The van der Waals surface area contributed by atoms with Gasteiger partial charge in [0.1, 0.15) is 11.8 Å². The van der Waals surface area contributed by atoms with E-state index in [9.17, 15) is 9.59 Å². The highest BCUT2D eigenvalue weighted by atomic mass is 16.7. The van der Waals surface area contributed by atoms with Gasteiger partial charge >= 0.3 is 0 Å². The number of hydrogen-bond acceptors (Lipinski definition) is 6. The van der Waals surface area contributed by atoms with Crippen LogP contribution in [0.25, 0.3) is 0 Å². The first-order chi connectivity index (χ1) is 15.0. The lowest BCUT2D eigenvalue weighted by Crippen LogP contribution is -2.48. The second-order valence-corrected chi connectivity index (χ2v) is 7.38. The van der Waals surface area contributed by atoms with E-state index in [0.29, 0.717) is 29.4 Å². The largest absolute Gasteiger partial charge is 0.493 e. The summed E-state index contributed by atoms with van der Waals surface area (Å²) in [5, 5.41) is 6.81. The fraction of sp³-hybridized carbons (Fsp3) is 0.348. The first kappa shape index (κ1) is 22.1. The van der Waals surface area contributed by atoms with Crippen LogP contribution >= 0.6 is 0 Å². The van der Waals surface area contributed by atoms with E-state index in [2.05, 4.69) is 15.8 Å². The van der Waals surface area contributed by atoms with E-state index in [-0.39, 0.29) is 18.6 Å². The molecule has 0 bridgehead atoms. The molecule has 2 aromatic rings. The van der Waals surface area contributed by atoms with Crippen molar-refractivity contribution in [1.29, 1.82) is 0 Å². The fourth-order valence-corrected chi connectivity index (χ4v) is 2.96. The Kier molecular flexibility index (Phi) is 7.48. The van der Waals surface area contributed by atoms with E-state index >= 15 is 0 Å². The number of ether oxygens (including phenoxy) is 3. The van der Waals surface area contributed by atoms with Crippen LogP contribution in [0.3, 0.4) is 0 Å². The summed E-state index contributed by atoms with van der Waals surface area (Å²) in [5.74, 6) is 0.855. The molecule has 3 rings (SSSR count). The zero-order chi connectivity index (χ0) is 22.2. The lowest BCUT2D eigenvalue weighted by molar-refractivity contribution is -0.123. The van der Waals surface area contributed by atoms with Crippen molar-refractivity contribution in [2.45, 2.75) is 33.2 Å². The Hall–Kier alpha value is -3.55. The maximum absolute atomic E-state index is 12.7. The second-order valence-electron chi connectivity index (χ2n) is 7.38. The molecule has 8 heteroatoms. The Morgan fingerprint density at radius 2 is 1.94 bits per heavy atom. The maximum atomic E-state index is 12.7. The summed E-state index contributed by atoms with van der Waals surface area (Å²) in [4.78, 5) is 25.3. The molecule has 1 atom stereocenters. The third-order valence-corrected chi connectivity index (χ3v) is 4.63. The molecule has 2 aromatic carbocycles. The number of carbonyl (C=O) groups is 2. The van der Waals surface area contributed by atoms with Crippen LogP contribution in [0.15, 0.2) is 47.6 Å². The summed E-state index contributed by atoms with van der Waals surface area (Å²) in [6.45, 7) is 6.45. The van der Waals surface area contributed by atoms with Crippen LogP contribution in [-0.2, 0) is 4.79 Å². The number of benzene rings is 2. The summed E-state index contributed by atoms with van der Waals surface area (Å²) in [7, 11) is 0. The van der Waals surface area contributed by atoms with Crippen LogP contribution in [0.2, 0.25) is 0 Å². The van der Waals surface area contributed by atoms with Gasteiger partial charge in [0, 0.05) is 11.1 Å². The third kappa shape index (κ3) is 5.75. The monoisotopic (exact) mass is 425 g/mol. The summed E-state index contributed by atoms with van der Waals surface area (Å²) in [6, 6.07) is 11.6. The minimum absolute atomic E-state index is 0.127. The number of amides is 2. The summed E-state index contributed by atoms with van der Waals surface area (Å²) in [6.07, 6.45) is 2.42. The highest BCUT2D eigenvalue weighted by Crippen LogP contribution is 2.32. The predicted molar refractivity (Wildman–Crippen MR) is 117 cm³/mol. The normalized spacial score (nSPS) is 13.3. The van der Waals surface area contributed by atoms with Crippen LogP contribution in [-0.4, -0.2) is 37.5 Å². The molecule has 164 valence electrons. The molecule has 1 unspecified atom stereocenters. The van der Waals surface area contributed by atoms with Crippen LogP contribution < -0.4 is 25.0 Å². The highest BCUT2D eigenvalue weighted by Gasteiger charge is 2.25. The molecular weight excluding hydrogens is 398 g/mol. The van der Waals surface area contributed by atoms with Crippen LogP contribution in [0.5, 0.6) is 17.2 Å². The SMILES string of the molecule is CCCOc1ccccc1/C=N/NC(=O)C(NC(=O)c1ccc2c(c1)OCO2)C(C)C. The Bertz CT molecular complexity index is 958. The van der Waals surface area contributed by atoms with E-state index in [1.165, 1.54) is 6.21 Å². The fourth-order valence-electron chi connectivity index (χ4n) is 2.96. The number of hydrazone groups is 1. The van der Waals surface area contributed by atoms with Crippen LogP contribution in [0.1, 0.15) is 43.1 Å². The summed E-state index contributed by atoms with van der Waals surface area (Å²) < 4.78 is 16.2. The van der Waals surface area contributed by atoms with E-state index < -0.39 is 11.9 Å². The van der Waals surface area contributed by atoms with Gasteiger partial charge in [0.25, 0.3) is 11.8 Å². The van der Waals surface area contributed by atoms with Gasteiger partial charge in [-0.3, -0.25) is 9.59 Å². The topological polar surface area (TPSA) is 98.2 Å². The first-order valence-corrected chi connectivity index (χ1v) is 10.2. The number of nitrogens with one attached hydrogen (secondary N) is 2. The predicted octanol–water partition coefficient (Wildman–Crippen LogP) is 3.11. The average Bonchev–Trinajstić information content (AvgIpc) is 3.24. The minimum atomic E-state index is -0.762. The minimum Gasteiger partial charge on any atom is -0.493 e. The lowest BCUT2D eigenvalue weighted by Gasteiger charge is -2.20. The average molecular weight is 425 g/mol. The highest BCUT2D eigenvalue weighted by molar-refractivity contribution is 5.98. The van der Waals surface area contributed by atoms with Crippen molar-refractivity contribution >= 4 is 18.0 Å². The second kappa shape index (κ2) is 10.5. The summed E-state index contributed by atoms with van der Waals surface area (Å²) in [5.41, 5.74) is 3.64. The van der Waals surface area contributed by atoms with Gasteiger partial charge in [0.15, 0.2) is 11.5 Å². The number of hydrogen-bond donors (Lipinski definition) is 2. The third-order valence-electron chi connectivity index (χ3n) is 4.63. The van der Waals surface area contributed by atoms with E-state index in [4.69, 9.17) is 14.2 Å². The molecule has 0 spiro atoms. The van der Waals surface area contributed by atoms with Gasteiger partial charge in [-0.2, -0.15) is 5.10 Å². The molecule has 2 amide bonds. The molecule has 0 aliphatic carbocycles. The Balaban J connectivity index is 1.63. The van der Waals surface area contributed by atoms with Gasteiger partial charge in [-0.25, -0.2) is 5.43 Å². The molecule has 8 nitrogen and oxygen atoms in total. The van der Waals surface area contributed by atoms with Gasteiger partial charge < -0.3 is 19.5 Å². The lowest BCUT2D eigenvalue weighted by atomic mass is 10.0. The number of rotatable bonds is 9. The van der Waals surface area contributed by atoms with Gasteiger partial charge in [-0.05, 0) is 42.7 Å². The molecule has 0 radical (unpaired) electrons. The molecule has 2 N–H and O–H groups in total. The van der Waals surface area contributed by atoms with E-state index in [0.717, 1.165) is 12.0 Å². The molecule has 0 saturated heterocycles. The van der Waals surface area contributed by atoms with Gasteiger partial charge in [-0.1, -0.05) is 32.9 Å². The molecule has 31 heavy (non-hydrogen) atoms. The van der Waals surface area contributed by atoms with Crippen molar-refractivity contribution in [3.63, 3.8) is 0 Å². The molecule has 0 saturated carbocycles. The van der Waals surface area contributed by atoms with Crippen molar-refractivity contribution in [1.82, 2.24) is 10.7 Å². The Labute approximate surface area is 181 Å². The zero-order valence-corrected chi connectivity index (χ0v) is 17.9. The van der Waals surface area contributed by atoms with Crippen molar-refractivity contribution in [3.8, 4) is 17.2 Å². The Morgan fingerprint density at radius 3 is 2.71 bits per heavy atom. The molecule has 1 aliphatic heterocycles. The van der Waals surface area contributed by atoms with E-state index in [1.807, 2.05) is 45.0 Å². The number of fused-ring (bicyclic) bond motifs is 1.